The molecular formula is C18H18N4S2. The second-order valence-electron chi connectivity index (χ2n) is 5.43. The summed E-state index contributed by atoms with van der Waals surface area (Å²) in [7, 11) is 0. The Balaban J connectivity index is 1.81. The molecule has 4 nitrogen and oxygen atoms in total. The third kappa shape index (κ3) is 4.25. The molecule has 0 fully saturated rings. The molecule has 1 atom stereocenters. The maximum atomic E-state index is 9.08. The Hall–Kier alpha value is -2.10. The summed E-state index contributed by atoms with van der Waals surface area (Å²) in [5, 5.41) is 20.6. The fourth-order valence-corrected chi connectivity index (χ4v) is 3.88. The molecule has 0 saturated carbocycles. The normalized spacial score (nSPS) is 12.0. The number of rotatable bonds is 7. The smallest absolute Gasteiger partial charge is 0.192 e. The highest BCUT2D eigenvalue weighted by atomic mass is 32.2. The van der Waals surface area contributed by atoms with E-state index in [9.17, 15) is 0 Å². The molecule has 0 aliphatic carbocycles. The summed E-state index contributed by atoms with van der Waals surface area (Å²) >= 11 is 3.20. The molecule has 24 heavy (non-hydrogen) atoms. The maximum Gasteiger partial charge on any atom is 0.192 e. The van der Waals surface area contributed by atoms with Gasteiger partial charge in [-0.1, -0.05) is 48.2 Å². The van der Waals surface area contributed by atoms with Crippen molar-refractivity contribution in [2.75, 3.05) is 0 Å². The first-order valence-corrected chi connectivity index (χ1v) is 9.57. The van der Waals surface area contributed by atoms with Crippen molar-refractivity contribution < 1.29 is 0 Å². The van der Waals surface area contributed by atoms with Crippen molar-refractivity contribution in [1.82, 2.24) is 14.8 Å². The number of aromatic nitrogens is 3. The molecule has 0 N–H and O–H groups in total. The average Bonchev–Trinajstić information content (AvgIpc) is 3.25. The Kier molecular flexibility index (Phi) is 5.68. The van der Waals surface area contributed by atoms with Crippen molar-refractivity contribution in [1.29, 1.82) is 5.26 Å². The van der Waals surface area contributed by atoms with Crippen molar-refractivity contribution in [3.8, 4) is 6.07 Å². The summed E-state index contributed by atoms with van der Waals surface area (Å²) < 4.78 is 2.16. The summed E-state index contributed by atoms with van der Waals surface area (Å²) in [6.45, 7) is 2.71. The van der Waals surface area contributed by atoms with E-state index in [4.69, 9.17) is 5.26 Å². The van der Waals surface area contributed by atoms with Gasteiger partial charge in [0.2, 0.25) is 0 Å². The first-order valence-electron chi connectivity index (χ1n) is 7.81. The first-order chi connectivity index (χ1) is 11.8. The number of nitriles is 1. The van der Waals surface area contributed by atoms with Crippen LogP contribution in [0.5, 0.6) is 0 Å². The van der Waals surface area contributed by atoms with E-state index < -0.39 is 0 Å². The number of benzene rings is 1. The van der Waals surface area contributed by atoms with Gasteiger partial charge in [0, 0.05) is 17.8 Å². The molecule has 0 aliphatic rings. The highest BCUT2D eigenvalue weighted by molar-refractivity contribution is 8.00. The largest absolute Gasteiger partial charge is 0.305 e. The van der Waals surface area contributed by atoms with Gasteiger partial charge in [-0.05, 0) is 30.4 Å². The summed E-state index contributed by atoms with van der Waals surface area (Å²) in [5.74, 6) is 0.959. The van der Waals surface area contributed by atoms with Gasteiger partial charge in [-0.2, -0.15) is 5.26 Å². The van der Waals surface area contributed by atoms with Crippen molar-refractivity contribution >= 4 is 23.1 Å². The molecule has 2 heterocycles. The van der Waals surface area contributed by atoms with Gasteiger partial charge in [0.15, 0.2) is 5.16 Å². The van der Waals surface area contributed by atoms with Crippen molar-refractivity contribution in [3.05, 3.63) is 64.1 Å². The van der Waals surface area contributed by atoms with E-state index >= 15 is 0 Å². The van der Waals surface area contributed by atoms with Gasteiger partial charge in [-0.25, -0.2) is 0 Å². The van der Waals surface area contributed by atoms with Crippen LogP contribution in [0.1, 0.15) is 23.2 Å². The predicted octanol–water partition coefficient (Wildman–Crippen LogP) is 4.18. The summed E-state index contributed by atoms with van der Waals surface area (Å²) in [6.07, 6.45) is 1.70. The topological polar surface area (TPSA) is 54.5 Å². The minimum atomic E-state index is -0.140. The zero-order valence-electron chi connectivity index (χ0n) is 13.4. The number of hydrogen-bond donors (Lipinski definition) is 0. The van der Waals surface area contributed by atoms with Gasteiger partial charge in [0.25, 0.3) is 0 Å². The van der Waals surface area contributed by atoms with Gasteiger partial charge in [0.1, 0.15) is 5.82 Å². The van der Waals surface area contributed by atoms with Gasteiger partial charge in [-0.3, -0.25) is 0 Å². The van der Waals surface area contributed by atoms with Gasteiger partial charge in [-0.15, -0.1) is 21.5 Å². The predicted molar refractivity (Wildman–Crippen MR) is 98.2 cm³/mol. The lowest BCUT2D eigenvalue weighted by Crippen LogP contribution is -2.09. The lowest BCUT2D eigenvalue weighted by Gasteiger charge is -2.10. The Bertz CT molecular complexity index is 803. The van der Waals surface area contributed by atoms with Crippen LogP contribution in [0.15, 0.2) is 53.0 Å². The van der Waals surface area contributed by atoms with E-state index in [2.05, 4.69) is 62.6 Å². The van der Waals surface area contributed by atoms with E-state index in [-0.39, 0.29) is 5.25 Å². The SMILES string of the molecule is C[C@H](C#N)Sc1nnc(Cc2cccs2)n1CCc1ccccc1. The van der Waals surface area contributed by atoms with Gasteiger partial charge >= 0.3 is 0 Å². The Morgan fingerprint density at radius 2 is 2.04 bits per heavy atom. The standard InChI is InChI=1S/C18H18N4S2/c1-14(13-19)24-18-21-20-17(12-16-8-5-11-23-16)22(18)10-9-15-6-3-2-4-7-15/h2-8,11,14H,9-10,12H2,1H3/t14-/m1/s1. The highest BCUT2D eigenvalue weighted by Gasteiger charge is 2.16. The average molecular weight is 355 g/mol. The Morgan fingerprint density at radius 3 is 2.75 bits per heavy atom. The van der Waals surface area contributed by atoms with Crippen LogP contribution in [0, 0.1) is 11.3 Å². The molecule has 1 aromatic carbocycles. The number of nitrogens with zero attached hydrogens (tertiary/aromatic N) is 4. The van der Waals surface area contributed by atoms with Crippen LogP contribution < -0.4 is 0 Å². The van der Waals surface area contributed by atoms with Crippen LogP contribution in [-0.2, 0) is 19.4 Å². The lowest BCUT2D eigenvalue weighted by atomic mass is 10.1. The number of aryl methyl sites for hydroxylation is 1. The molecule has 0 saturated heterocycles. The molecule has 0 amide bonds. The summed E-state index contributed by atoms with van der Waals surface area (Å²) in [5.41, 5.74) is 1.29. The molecule has 0 spiro atoms. The molecule has 0 aliphatic heterocycles. The molecular weight excluding hydrogens is 336 g/mol. The molecule has 122 valence electrons. The molecule has 3 rings (SSSR count). The monoisotopic (exact) mass is 354 g/mol. The molecule has 0 radical (unpaired) electrons. The third-order valence-electron chi connectivity index (χ3n) is 3.64. The first kappa shape index (κ1) is 16.7. The van der Waals surface area contributed by atoms with Crippen molar-refractivity contribution in [3.63, 3.8) is 0 Å². The molecule has 2 aromatic heterocycles. The molecule has 3 aromatic rings. The second-order valence-corrected chi connectivity index (χ2v) is 7.77. The number of thioether (sulfide) groups is 1. The second kappa shape index (κ2) is 8.13. The Labute approximate surface area is 150 Å². The van der Waals surface area contributed by atoms with Crippen LogP contribution in [0.25, 0.3) is 0 Å². The summed E-state index contributed by atoms with van der Waals surface area (Å²) in [6, 6.07) is 16.8. The minimum absolute atomic E-state index is 0.140. The minimum Gasteiger partial charge on any atom is -0.305 e. The van der Waals surface area contributed by atoms with Crippen LogP contribution in [0.2, 0.25) is 0 Å². The fourth-order valence-electron chi connectivity index (χ4n) is 2.40. The Morgan fingerprint density at radius 1 is 1.21 bits per heavy atom. The van der Waals surface area contributed by atoms with E-state index in [0.29, 0.717) is 0 Å². The quantitative estimate of drug-likeness (QED) is 0.597. The lowest BCUT2D eigenvalue weighted by molar-refractivity contribution is 0.610. The highest BCUT2D eigenvalue weighted by Crippen LogP contribution is 2.24. The van der Waals surface area contributed by atoms with Crippen molar-refractivity contribution in [2.24, 2.45) is 0 Å². The maximum absolute atomic E-state index is 9.08. The number of thiophene rings is 1. The van der Waals surface area contributed by atoms with E-state index in [1.165, 1.54) is 22.2 Å². The van der Waals surface area contributed by atoms with E-state index in [0.717, 1.165) is 30.4 Å². The zero-order valence-corrected chi connectivity index (χ0v) is 15.1. The van der Waals surface area contributed by atoms with Crippen molar-refractivity contribution in [2.45, 2.75) is 36.7 Å². The van der Waals surface area contributed by atoms with E-state index in [1.807, 2.05) is 13.0 Å². The van der Waals surface area contributed by atoms with Crippen LogP contribution >= 0.6 is 23.1 Å². The molecule has 0 unspecified atom stereocenters. The molecule has 0 bridgehead atoms. The van der Waals surface area contributed by atoms with Crippen LogP contribution in [-0.4, -0.2) is 20.0 Å². The molecule has 6 heteroatoms. The van der Waals surface area contributed by atoms with Crippen LogP contribution in [0.4, 0.5) is 0 Å². The third-order valence-corrected chi connectivity index (χ3v) is 5.49. The van der Waals surface area contributed by atoms with Gasteiger partial charge < -0.3 is 4.57 Å². The van der Waals surface area contributed by atoms with E-state index in [1.54, 1.807) is 11.3 Å². The van der Waals surface area contributed by atoms with Crippen LogP contribution in [0.3, 0.4) is 0 Å². The fraction of sp³-hybridized carbons (Fsp3) is 0.278. The zero-order chi connectivity index (χ0) is 16.8. The number of hydrogen-bond acceptors (Lipinski definition) is 5. The van der Waals surface area contributed by atoms with Gasteiger partial charge in [0.05, 0.1) is 11.3 Å². The summed E-state index contributed by atoms with van der Waals surface area (Å²) in [4.78, 5) is 1.27.